The number of para-hydroxylation sites is 1. The molecule has 0 aliphatic carbocycles. The van der Waals surface area contributed by atoms with E-state index in [1.807, 2.05) is 26.8 Å². The molecule has 44 heavy (non-hydrogen) atoms. The summed E-state index contributed by atoms with van der Waals surface area (Å²) in [7, 11) is 0. The number of nitrogens with zero attached hydrogens (tertiary/aromatic N) is 3. The lowest BCUT2D eigenvalue weighted by Gasteiger charge is -2.19. The Morgan fingerprint density at radius 2 is 1.82 bits per heavy atom. The number of aromatic amines is 2. The van der Waals surface area contributed by atoms with E-state index in [9.17, 15) is 14.7 Å². The van der Waals surface area contributed by atoms with Gasteiger partial charge in [-0.3, -0.25) is 19.4 Å². The van der Waals surface area contributed by atoms with Crippen LogP contribution in [0.5, 0.6) is 5.75 Å². The maximum atomic E-state index is 13.1. The molecule has 2 heterocycles. The van der Waals surface area contributed by atoms with E-state index in [2.05, 4.69) is 72.8 Å². The van der Waals surface area contributed by atoms with Gasteiger partial charge in [0.15, 0.2) is 0 Å². The molecule has 0 radical (unpaired) electrons. The van der Waals surface area contributed by atoms with E-state index in [-0.39, 0.29) is 22.6 Å². The van der Waals surface area contributed by atoms with Crippen LogP contribution < -0.4 is 11.1 Å². The van der Waals surface area contributed by atoms with E-state index in [1.54, 1.807) is 28.9 Å². The Hall–Kier alpha value is -4.17. The molecule has 3 N–H and O–H groups in total. The number of phenolic OH excluding ortho intramolecular Hbond substituents is 1. The fourth-order valence-corrected chi connectivity index (χ4v) is 5.20. The van der Waals surface area contributed by atoms with Crippen molar-refractivity contribution in [1.29, 1.82) is 0 Å². The topological polar surface area (TPSA) is 107 Å². The molecule has 0 fully saturated rings. The van der Waals surface area contributed by atoms with E-state index in [0.717, 1.165) is 50.0 Å². The largest absolute Gasteiger partial charge is 0.506 e. The van der Waals surface area contributed by atoms with Gasteiger partial charge in [-0.25, -0.2) is 4.98 Å². The highest BCUT2D eigenvalue weighted by Gasteiger charge is 2.17. The van der Waals surface area contributed by atoms with E-state index in [4.69, 9.17) is 0 Å². The minimum atomic E-state index is -0.382. The number of hydrogen-bond donors (Lipinski definition) is 3. The van der Waals surface area contributed by atoms with Crippen LogP contribution in [0.15, 0.2) is 69.3 Å². The van der Waals surface area contributed by atoms with Crippen molar-refractivity contribution in [1.82, 2.24) is 24.6 Å². The average Bonchev–Trinajstić information content (AvgIpc) is 3.34. The normalized spacial score (nSPS) is 12.7. The van der Waals surface area contributed by atoms with Gasteiger partial charge >= 0.3 is 0 Å². The Morgan fingerprint density at radius 3 is 2.45 bits per heavy atom. The summed E-state index contributed by atoms with van der Waals surface area (Å²) in [6, 6.07) is 8.75. The molecule has 2 aromatic carbocycles. The molecule has 0 amide bonds. The van der Waals surface area contributed by atoms with Gasteiger partial charge in [-0.2, -0.15) is 0 Å². The van der Waals surface area contributed by atoms with E-state index >= 15 is 0 Å². The molecule has 0 saturated carbocycles. The molecule has 0 aliphatic heterocycles. The number of hydrogen-bond acceptors (Lipinski definition) is 5. The molecule has 0 spiro atoms. The second-order valence-corrected chi connectivity index (χ2v) is 11.1. The molecular formula is C36H49N5O3. The molecule has 0 aliphatic rings. The monoisotopic (exact) mass is 599 g/mol. The van der Waals surface area contributed by atoms with Gasteiger partial charge in [0, 0.05) is 12.1 Å². The summed E-state index contributed by atoms with van der Waals surface area (Å²) in [6.45, 7) is 20.0. The van der Waals surface area contributed by atoms with Gasteiger partial charge in [-0.05, 0) is 89.4 Å². The fraction of sp³-hybridized carbons (Fsp3) is 0.417. The first-order chi connectivity index (χ1) is 21.1. The van der Waals surface area contributed by atoms with Crippen molar-refractivity contribution in [2.24, 2.45) is 0 Å². The van der Waals surface area contributed by atoms with Gasteiger partial charge in [-0.15, -0.1) is 0 Å². The molecular weight excluding hydrogens is 550 g/mol. The lowest BCUT2D eigenvalue weighted by Crippen LogP contribution is -2.31. The number of fused-ring (bicyclic) bond motifs is 2. The Bertz CT molecular complexity index is 1790. The highest BCUT2D eigenvalue weighted by Crippen LogP contribution is 2.29. The number of nitrogens with one attached hydrogen (secondary N) is 2. The van der Waals surface area contributed by atoms with E-state index < -0.39 is 0 Å². The van der Waals surface area contributed by atoms with Crippen LogP contribution in [-0.2, 0) is 6.54 Å². The van der Waals surface area contributed by atoms with Crippen LogP contribution in [0.1, 0.15) is 80.2 Å². The predicted octanol–water partition coefficient (Wildman–Crippen LogP) is 7.79. The number of H-pyrrole nitrogens is 2. The zero-order valence-corrected chi connectivity index (χ0v) is 27.7. The van der Waals surface area contributed by atoms with E-state index in [0.29, 0.717) is 34.0 Å². The second kappa shape index (κ2) is 16.1. The lowest BCUT2D eigenvalue weighted by molar-refractivity contribution is 0.271. The van der Waals surface area contributed by atoms with Gasteiger partial charge in [0.1, 0.15) is 17.0 Å². The van der Waals surface area contributed by atoms with Gasteiger partial charge < -0.3 is 15.0 Å². The van der Waals surface area contributed by atoms with Crippen LogP contribution in [0.3, 0.4) is 0 Å². The van der Waals surface area contributed by atoms with Gasteiger partial charge in [-0.1, -0.05) is 69.2 Å². The summed E-state index contributed by atoms with van der Waals surface area (Å²) >= 11 is 0. The minimum absolute atomic E-state index is 0.00678. The Labute approximate surface area is 260 Å². The summed E-state index contributed by atoms with van der Waals surface area (Å²) in [5.41, 5.74) is 6.23. The summed E-state index contributed by atoms with van der Waals surface area (Å²) in [6.07, 6.45) is 9.38. The van der Waals surface area contributed by atoms with Gasteiger partial charge in [0.05, 0.1) is 23.0 Å². The molecule has 0 unspecified atom stereocenters. The number of aromatic nitrogens is 4. The fourth-order valence-electron chi connectivity index (χ4n) is 5.20. The Balaban J connectivity index is 0.000000512. The lowest BCUT2D eigenvalue weighted by atomic mass is 10.0. The third-order valence-electron chi connectivity index (χ3n) is 8.03. The average molecular weight is 600 g/mol. The van der Waals surface area contributed by atoms with Crippen molar-refractivity contribution in [2.45, 2.75) is 81.2 Å². The number of likely N-dealkylation sites (N-methyl/N-ethyl adjacent to an activating group) is 1. The van der Waals surface area contributed by atoms with Crippen molar-refractivity contribution in [2.75, 3.05) is 19.6 Å². The van der Waals surface area contributed by atoms with Crippen LogP contribution in [0.25, 0.3) is 38.8 Å². The molecule has 236 valence electrons. The highest BCUT2D eigenvalue weighted by atomic mass is 16.3. The molecule has 0 atom stereocenters. The summed E-state index contributed by atoms with van der Waals surface area (Å²) in [5.74, 6) is -0.00678. The highest BCUT2D eigenvalue weighted by molar-refractivity contribution is 5.94. The van der Waals surface area contributed by atoms with Crippen molar-refractivity contribution < 1.29 is 5.11 Å². The third kappa shape index (κ3) is 8.05. The van der Waals surface area contributed by atoms with Crippen LogP contribution in [0.4, 0.5) is 0 Å². The number of phenols is 1. The molecule has 8 nitrogen and oxygen atoms in total. The Morgan fingerprint density at radius 1 is 1.07 bits per heavy atom. The first-order valence-corrected chi connectivity index (χ1v) is 15.8. The Kier molecular flexibility index (Phi) is 12.5. The maximum absolute atomic E-state index is 13.1. The van der Waals surface area contributed by atoms with Crippen molar-refractivity contribution >= 4 is 27.5 Å². The van der Waals surface area contributed by atoms with Crippen molar-refractivity contribution in [3.63, 3.8) is 0 Å². The predicted molar refractivity (Wildman–Crippen MR) is 185 cm³/mol. The van der Waals surface area contributed by atoms with Crippen LogP contribution in [0, 0.1) is 0 Å². The molecule has 4 aromatic rings. The van der Waals surface area contributed by atoms with E-state index in [1.165, 1.54) is 11.1 Å². The van der Waals surface area contributed by atoms with Gasteiger partial charge in [0.25, 0.3) is 11.1 Å². The number of aromatic hydroxyl groups is 1. The summed E-state index contributed by atoms with van der Waals surface area (Å²) < 4.78 is 1.59. The second-order valence-electron chi connectivity index (χ2n) is 11.1. The first-order valence-electron chi connectivity index (χ1n) is 15.8. The summed E-state index contributed by atoms with van der Waals surface area (Å²) in [5, 5.41) is 14.4. The number of allylic oxidation sites excluding steroid dienone is 6. The SMILES string of the molecule is C/C=C\C(C)=C(/C)CC.CC/C=C(/C)c1cc(O)c2nc(-c3cccc4c(=O)n(CCN(CC)CCC)[nH]c34)c(=O)[nH]c2c1. The molecule has 0 saturated heterocycles. The smallest absolute Gasteiger partial charge is 0.275 e. The summed E-state index contributed by atoms with van der Waals surface area (Å²) in [4.78, 5) is 35.8. The van der Waals surface area contributed by atoms with Crippen LogP contribution in [-0.4, -0.2) is 49.4 Å². The molecule has 8 heteroatoms. The standard InChI is InChI=1S/C27H33N5O3.C9H16/c1-5-9-17(4)18-15-21-25(22(33)16-18)29-24(26(34)28-21)19-10-8-11-20-23(19)30-32(27(20)35)14-13-31(7-3)12-6-2;1-5-7-9(4)8(3)6-2/h8-11,15-16,30,33H,5-7,12-14H2,1-4H3,(H,28,34);5,7H,6H2,1-4H3/b17-9-;7-5-,9-8+. The number of rotatable bonds is 11. The first kappa shape index (κ1) is 34.3. The van der Waals surface area contributed by atoms with Crippen molar-refractivity contribution in [3.05, 3.63) is 86.0 Å². The number of benzene rings is 2. The zero-order valence-electron chi connectivity index (χ0n) is 27.7. The molecule has 0 bridgehead atoms. The molecule has 4 rings (SSSR count). The minimum Gasteiger partial charge on any atom is -0.506 e. The van der Waals surface area contributed by atoms with Crippen LogP contribution in [0.2, 0.25) is 0 Å². The van der Waals surface area contributed by atoms with Crippen LogP contribution >= 0.6 is 0 Å². The third-order valence-corrected chi connectivity index (χ3v) is 8.03. The molecule has 2 aromatic heterocycles. The van der Waals surface area contributed by atoms with Crippen molar-refractivity contribution in [3.8, 4) is 17.0 Å². The van der Waals surface area contributed by atoms with Gasteiger partial charge in [0.2, 0.25) is 0 Å². The maximum Gasteiger partial charge on any atom is 0.275 e. The quantitative estimate of drug-likeness (QED) is 0.153. The zero-order chi connectivity index (χ0) is 32.4.